The summed E-state index contributed by atoms with van der Waals surface area (Å²) in [5.74, 6) is -0.695. The number of fused-ring (bicyclic) bond motifs is 3. The van der Waals surface area contributed by atoms with E-state index < -0.39 is 17.7 Å². The lowest BCUT2D eigenvalue weighted by atomic mass is 10.1. The third-order valence-corrected chi connectivity index (χ3v) is 4.33. The molecule has 140 valence electrons. The summed E-state index contributed by atoms with van der Waals surface area (Å²) in [5, 5.41) is 4.59. The van der Waals surface area contributed by atoms with E-state index in [9.17, 15) is 17.6 Å². The van der Waals surface area contributed by atoms with Gasteiger partial charge in [0.2, 0.25) is 0 Å². The molecule has 0 atom stereocenters. The van der Waals surface area contributed by atoms with E-state index in [0.29, 0.717) is 10.9 Å². The Bertz CT molecular complexity index is 1120. The van der Waals surface area contributed by atoms with E-state index in [-0.39, 0.29) is 29.7 Å². The lowest BCUT2D eigenvalue weighted by Gasteiger charge is -2.12. The van der Waals surface area contributed by atoms with Crippen LogP contribution in [0.25, 0.3) is 21.8 Å². The van der Waals surface area contributed by atoms with Gasteiger partial charge in [-0.25, -0.2) is 14.4 Å². The zero-order valence-electron chi connectivity index (χ0n) is 14.0. The van der Waals surface area contributed by atoms with Crippen molar-refractivity contribution in [2.45, 2.75) is 19.3 Å². The monoisotopic (exact) mass is 379 g/mol. The molecular formula is C17H13F4N5O. The quantitative estimate of drug-likeness (QED) is 0.508. The van der Waals surface area contributed by atoms with E-state index in [1.807, 2.05) is 0 Å². The minimum atomic E-state index is -4.65. The summed E-state index contributed by atoms with van der Waals surface area (Å²) < 4.78 is 62.9. The van der Waals surface area contributed by atoms with Gasteiger partial charge >= 0.3 is 6.18 Å². The van der Waals surface area contributed by atoms with Crippen molar-refractivity contribution in [1.29, 1.82) is 0 Å². The van der Waals surface area contributed by atoms with Crippen molar-refractivity contribution in [2.75, 3.05) is 7.11 Å². The molecule has 3 aromatic heterocycles. The maximum absolute atomic E-state index is 14.2. The smallest absolute Gasteiger partial charge is 0.435 e. The minimum absolute atomic E-state index is 0.0474. The fourth-order valence-corrected chi connectivity index (χ4v) is 3.19. The summed E-state index contributed by atoms with van der Waals surface area (Å²) >= 11 is 0. The molecular weight excluding hydrogens is 366 g/mol. The summed E-state index contributed by atoms with van der Waals surface area (Å²) in [4.78, 5) is 7.36. The molecule has 10 heteroatoms. The maximum atomic E-state index is 14.2. The standard InChI is InChI=1S/C17H13F4N5O/c1-27-14-7-13-11(6-12(14)18)10-2-3-23-16(17(19,20)21)15(10)26(13)5-4-25-9-22-8-24-25/h2-3,6-9H,4-5H2,1H3. The van der Waals surface area contributed by atoms with E-state index in [2.05, 4.69) is 15.1 Å². The molecule has 0 radical (unpaired) electrons. The van der Waals surface area contributed by atoms with Crippen molar-refractivity contribution < 1.29 is 22.3 Å². The van der Waals surface area contributed by atoms with Crippen molar-refractivity contribution in [1.82, 2.24) is 24.3 Å². The van der Waals surface area contributed by atoms with Gasteiger partial charge in [0.25, 0.3) is 0 Å². The molecule has 3 heterocycles. The highest BCUT2D eigenvalue weighted by atomic mass is 19.4. The van der Waals surface area contributed by atoms with Crippen molar-refractivity contribution in [2.24, 2.45) is 0 Å². The highest BCUT2D eigenvalue weighted by Crippen LogP contribution is 2.39. The number of benzene rings is 1. The first-order chi connectivity index (χ1) is 12.9. The Morgan fingerprint density at radius 2 is 1.96 bits per heavy atom. The predicted molar refractivity (Wildman–Crippen MR) is 88.8 cm³/mol. The topological polar surface area (TPSA) is 57.8 Å². The van der Waals surface area contributed by atoms with Crippen LogP contribution in [0.5, 0.6) is 5.75 Å². The molecule has 0 spiro atoms. The highest BCUT2D eigenvalue weighted by Gasteiger charge is 2.36. The van der Waals surface area contributed by atoms with Crippen molar-refractivity contribution in [3.8, 4) is 5.75 Å². The fraction of sp³-hybridized carbons (Fsp3) is 0.235. The van der Waals surface area contributed by atoms with Gasteiger partial charge < -0.3 is 9.30 Å². The number of halogens is 4. The number of aryl methyl sites for hydroxylation is 2. The molecule has 0 saturated heterocycles. The van der Waals surface area contributed by atoms with Crippen LogP contribution in [0.2, 0.25) is 0 Å². The van der Waals surface area contributed by atoms with Crippen LogP contribution >= 0.6 is 0 Å². The molecule has 4 rings (SSSR count). The van der Waals surface area contributed by atoms with E-state index in [1.165, 1.54) is 47.2 Å². The molecule has 0 N–H and O–H groups in total. The second kappa shape index (κ2) is 6.22. The minimum Gasteiger partial charge on any atom is -0.494 e. The fourth-order valence-electron chi connectivity index (χ4n) is 3.19. The second-order valence-electron chi connectivity index (χ2n) is 5.87. The molecule has 0 amide bonds. The van der Waals surface area contributed by atoms with Crippen LogP contribution in [-0.2, 0) is 19.3 Å². The Morgan fingerprint density at radius 3 is 2.63 bits per heavy atom. The van der Waals surface area contributed by atoms with Gasteiger partial charge in [-0.1, -0.05) is 0 Å². The zero-order valence-corrected chi connectivity index (χ0v) is 14.0. The molecule has 0 saturated carbocycles. The number of aromatic nitrogens is 5. The third kappa shape index (κ3) is 2.86. The zero-order chi connectivity index (χ0) is 19.2. The number of alkyl halides is 3. The molecule has 6 nitrogen and oxygen atoms in total. The van der Waals surface area contributed by atoms with Crippen molar-refractivity contribution in [3.63, 3.8) is 0 Å². The average Bonchev–Trinajstić information content (AvgIpc) is 3.24. The maximum Gasteiger partial charge on any atom is 0.435 e. The lowest BCUT2D eigenvalue weighted by Crippen LogP contribution is -2.13. The lowest BCUT2D eigenvalue weighted by molar-refractivity contribution is -0.140. The Hall–Kier alpha value is -3.17. The molecule has 0 aliphatic rings. The molecule has 0 aliphatic carbocycles. The van der Waals surface area contributed by atoms with Crippen LogP contribution in [0.3, 0.4) is 0 Å². The van der Waals surface area contributed by atoms with Gasteiger partial charge in [0.15, 0.2) is 17.3 Å². The predicted octanol–water partition coefficient (Wildman–Crippen LogP) is 3.65. The molecule has 4 aromatic rings. The van der Waals surface area contributed by atoms with Crippen molar-refractivity contribution >= 4 is 21.8 Å². The van der Waals surface area contributed by atoms with Gasteiger partial charge in [-0.05, 0) is 12.1 Å². The van der Waals surface area contributed by atoms with E-state index in [4.69, 9.17) is 4.74 Å². The number of hydrogen-bond acceptors (Lipinski definition) is 4. The third-order valence-electron chi connectivity index (χ3n) is 4.33. The molecule has 0 unspecified atom stereocenters. The largest absolute Gasteiger partial charge is 0.494 e. The number of ether oxygens (including phenoxy) is 1. The number of methoxy groups -OCH3 is 1. The van der Waals surface area contributed by atoms with Crippen molar-refractivity contribution in [3.05, 3.63) is 48.6 Å². The molecule has 1 aromatic carbocycles. The summed E-state index contributed by atoms with van der Waals surface area (Å²) in [6.45, 7) is 0.442. The van der Waals surface area contributed by atoms with E-state index in [1.54, 1.807) is 0 Å². The van der Waals surface area contributed by atoms with Crippen LogP contribution in [0, 0.1) is 5.82 Å². The first-order valence-electron chi connectivity index (χ1n) is 7.94. The summed E-state index contributed by atoms with van der Waals surface area (Å²) in [6.07, 6.45) is -0.764. The van der Waals surface area contributed by atoms with Crippen LogP contribution < -0.4 is 4.74 Å². The van der Waals surface area contributed by atoms with Crippen LogP contribution in [0.15, 0.2) is 37.1 Å². The van der Waals surface area contributed by atoms with E-state index in [0.717, 1.165) is 6.20 Å². The second-order valence-corrected chi connectivity index (χ2v) is 5.87. The highest BCUT2D eigenvalue weighted by molar-refractivity contribution is 6.09. The van der Waals surface area contributed by atoms with Gasteiger partial charge in [-0.2, -0.15) is 18.3 Å². The number of pyridine rings is 1. The van der Waals surface area contributed by atoms with Gasteiger partial charge in [-0.15, -0.1) is 0 Å². The summed E-state index contributed by atoms with van der Waals surface area (Å²) in [7, 11) is 1.30. The van der Waals surface area contributed by atoms with E-state index >= 15 is 0 Å². The van der Waals surface area contributed by atoms with Crippen LogP contribution in [0.4, 0.5) is 17.6 Å². The molecule has 0 bridgehead atoms. The number of rotatable bonds is 4. The average molecular weight is 379 g/mol. The molecule has 27 heavy (non-hydrogen) atoms. The van der Waals surface area contributed by atoms with Gasteiger partial charge in [0.1, 0.15) is 12.7 Å². The van der Waals surface area contributed by atoms with Gasteiger partial charge in [-0.3, -0.25) is 4.68 Å². The SMILES string of the molecule is COc1cc2c(cc1F)c1ccnc(C(F)(F)F)c1n2CCn1cncn1. The molecule has 0 fully saturated rings. The molecule has 0 aliphatic heterocycles. The summed E-state index contributed by atoms with van der Waals surface area (Å²) in [5.41, 5.74) is -0.705. The normalized spacial score (nSPS) is 12.2. The Kier molecular flexibility index (Phi) is 3.97. The number of hydrogen-bond donors (Lipinski definition) is 0. The van der Waals surface area contributed by atoms with Gasteiger partial charge in [0, 0.05) is 29.6 Å². The Balaban J connectivity index is 2.02. The number of nitrogens with zero attached hydrogens (tertiary/aromatic N) is 5. The first-order valence-corrected chi connectivity index (χ1v) is 7.94. The van der Waals surface area contributed by atoms with Gasteiger partial charge in [0.05, 0.1) is 24.7 Å². The Morgan fingerprint density at radius 1 is 1.15 bits per heavy atom. The first kappa shape index (κ1) is 17.3. The van der Waals surface area contributed by atoms with Crippen LogP contribution in [0.1, 0.15) is 5.69 Å². The van der Waals surface area contributed by atoms with Crippen LogP contribution in [-0.4, -0.2) is 31.4 Å². The summed E-state index contributed by atoms with van der Waals surface area (Å²) in [6, 6.07) is 4.03. The Labute approximate surface area is 150 Å².